The topological polar surface area (TPSA) is 80.0 Å². The number of aromatic carboxylic acids is 1. The maximum absolute atomic E-state index is 12.3. The lowest BCUT2D eigenvalue weighted by Crippen LogP contribution is -2.43. The number of amides is 1. The van der Waals surface area contributed by atoms with Crippen LogP contribution < -0.4 is 0 Å². The van der Waals surface area contributed by atoms with Crippen molar-refractivity contribution in [1.29, 1.82) is 0 Å². The monoisotopic (exact) mass is 293 g/mol. The van der Waals surface area contributed by atoms with Crippen LogP contribution in [0.5, 0.6) is 0 Å². The summed E-state index contributed by atoms with van der Waals surface area (Å²) in [5.41, 5.74) is 0. The predicted molar refractivity (Wildman–Crippen MR) is 73.3 cm³/mol. The molecule has 1 saturated carbocycles. The summed E-state index contributed by atoms with van der Waals surface area (Å²) >= 11 is 0. The van der Waals surface area contributed by atoms with Crippen LogP contribution in [-0.4, -0.2) is 47.7 Å². The van der Waals surface area contributed by atoms with Gasteiger partial charge < -0.3 is 19.2 Å². The Labute approximate surface area is 122 Å². The van der Waals surface area contributed by atoms with E-state index in [9.17, 15) is 9.59 Å². The number of rotatable bonds is 5. The van der Waals surface area contributed by atoms with Crippen LogP contribution in [0, 0.1) is 5.92 Å². The fourth-order valence-corrected chi connectivity index (χ4v) is 2.54. The molecular weight excluding hydrogens is 274 g/mol. The van der Waals surface area contributed by atoms with Crippen molar-refractivity contribution in [2.45, 2.75) is 31.8 Å². The lowest BCUT2D eigenvalue weighted by molar-refractivity contribution is -0.00334. The Kier molecular flexibility index (Phi) is 3.96. The van der Waals surface area contributed by atoms with Crippen LogP contribution in [0.15, 0.2) is 16.5 Å². The number of hydrogen-bond acceptors (Lipinski definition) is 4. The Hall–Kier alpha value is -1.82. The van der Waals surface area contributed by atoms with Gasteiger partial charge in [-0.1, -0.05) is 0 Å². The first-order chi connectivity index (χ1) is 10.1. The molecular formula is C15H19NO5. The molecule has 1 aliphatic carbocycles. The van der Waals surface area contributed by atoms with Crippen LogP contribution >= 0.6 is 0 Å². The van der Waals surface area contributed by atoms with E-state index in [1.807, 2.05) is 0 Å². The maximum Gasteiger partial charge on any atom is 0.371 e. The van der Waals surface area contributed by atoms with Gasteiger partial charge in [0.15, 0.2) is 5.76 Å². The van der Waals surface area contributed by atoms with E-state index >= 15 is 0 Å². The van der Waals surface area contributed by atoms with E-state index in [0.29, 0.717) is 19.0 Å². The molecule has 1 unspecified atom stereocenters. The summed E-state index contributed by atoms with van der Waals surface area (Å²) in [7, 11) is 0. The minimum Gasteiger partial charge on any atom is -0.475 e. The number of likely N-dealkylation sites (tertiary alicyclic amines) is 1. The SMILES string of the molecule is O=C(O)c1ccc(C(=O)N2CCCC(OCC3CC3)C2)o1. The van der Waals surface area contributed by atoms with Gasteiger partial charge in [-0.15, -0.1) is 0 Å². The standard InChI is InChI=1S/C15H19NO5/c17-14(12-5-6-13(21-12)15(18)19)16-7-1-2-11(8-16)20-9-10-3-4-10/h5-6,10-11H,1-4,7-9H2,(H,18,19). The summed E-state index contributed by atoms with van der Waals surface area (Å²) in [5.74, 6) is -0.855. The fraction of sp³-hybridized carbons (Fsp3) is 0.600. The Morgan fingerprint density at radius 2 is 2.05 bits per heavy atom. The largest absolute Gasteiger partial charge is 0.475 e. The van der Waals surface area contributed by atoms with Crippen molar-refractivity contribution < 1.29 is 23.8 Å². The first-order valence-electron chi connectivity index (χ1n) is 7.37. The zero-order valence-corrected chi connectivity index (χ0v) is 11.8. The highest BCUT2D eigenvalue weighted by Gasteiger charge is 2.29. The van der Waals surface area contributed by atoms with Crippen molar-refractivity contribution in [2.24, 2.45) is 5.92 Å². The third-order valence-corrected chi connectivity index (χ3v) is 3.96. The van der Waals surface area contributed by atoms with E-state index in [0.717, 1.165) is 19.4 Å². The van der Waals surface area contributed by atoms with Gasteiger partial charge in [-0.3, -0.25) is 4.79 Å². The highest BCUT2D eigenvalue weighted by Crippen LogP contribution is 2.30. The molecule has 6 heteroatoms. The maximum atomic E-state index is 12.3. The molecule has 0 bridgehead atoms. The van der Waals surface area contributed by atoms with Gasteiger partial charge in [-0.25, -0.2) is 4.79 Å². The van der Waals surface area contributed by atoms with Crippen molar-refractivity contribution >= 4 is 11.9 Å². The average molecular weight is 293 g/mol. The highest BCUT2D eigenvalue weighted by molar-refractivity contribution is 5.93. The molecule has 2 aliphatic rings. The highest BCUT2D eigenvalue weighted by atomic mass is 16.5. The molecule has 1 amide bonds. The van der Waals surface area contributed by atoms with Crippen LogP contribution in [0.1, 0.15) is 46.8 Å². The van der Waals surface area contributed by atoms with Crippen molar-refractivity contribution in [3.05, 3.63) is 23.7 Å². The summed E-state index contributed by atoms with van der Waals surface area (Å²) in [5, 5.41) is 8.82. The number of carbonyl (C=O) groups excluding carboxylic acids is 1. The molecule has 0 radical (unpaired) electrons. The number of carboxylic acid groups (broad SMARTS) is 1. The van der Waals surface area contributed by atoms with Crippen molar-refractivity contribution in [1.82, 2.24) is 4.90 Å². The fourth-order valence-electron chi connectivity index (χ4n) is 2.54. The van der Waals surface area contributed by atoms with Gasteiger partial charge in [0.25, 0.3) is 5.91 Å². The van der Waals surface area contributed by atoms with Crippen molar-refractivity contribution in [3.63, 3.8) is 0 Å². The summed E-state index contributed by atoms with van der Waals surface area (Å²) in [6.45, 7) is 2.00. The van der Waals surface area contributed by atoms with E-state index < -0.39 is 5.97 Å². The normalized spacial score (nSPS) is 22.3. The van der Waals surface area contributed by atoms with Crippen molar-refractivity contribution in [2.75, 3.05) is 19.7 Å². The van der Waals surface area contributed by atoms with Crippen molar-refractivity contribution in [3.8, 4) is 0 Å². The van der Waals surface area contributed by atoms with Gasteiger partial charge in [0.05, 0.1) is 6.10 Å². The van der Waals surface area contributed by atoms with Crippen LogP contribution in [0.3, 0.4) is 0 Å². The van der Waals surface area contributed by atoms with Crippen LogP contribution in [-0.2, 0) is 4.74 Å². The smallest absolute Gasteiger partial charge is 0.371 e. The number of piperidine rings is 1. The summed E-state index contributed by atoms with van der Waals surface area (Å²) in [6.07, 6.45) is 4.44. The lowest BCUT2D eigenvalue weighted by Gasteiger charge is -2.32. The minimum atomic E-state index is -1.17. The quantitative estimate of drug-likeness (QED) is 0.898. The average Bonchev–Trinajstić information content (AvgIpc) is 3.18. The molecule has 0 spiro atoms. The summed E-state index contributed by atoms with van der Waals surface area (Å²) in [4.78, 5) is 24.8. The first-order valence-corrected chi connectivity index (χ1v) is 7.37. The third-order valence-electron chi connectivity index (χ3n) is 3.96. The Bertz CT molecular complexity index is 534. The Balaban J connectivity index is 1.58. The number of furan rings is 1. The molecule has 6 nitrogen and oxygen atoms in total. The molecule has 21 heavy (non-hydrogen) atoms. The van der Waals surface area contributed by atoms with Crippen LogP contribution in [0.25, 0.3) is 0 Å². The third kappa shape index (κ3) is 3.44. The zero-order chi connectivity index (χ0) is 14.8. The number of hydrogen-bond donors (Lipinski definition) is 1. The molecule has 114 valence electrons. The molecule has 1 aromatic heterocycles. The summed E-state index contributed by atoms with van der Waals surface area (Å²) in [6, 6.07) is 2.72. The zero-order valence-electron chi connectivity index (χ0n) is 11.8. The van der Waals surface area contributed by atoms with E-state index in [4.69, 9.17) is 14.3 Å². The molecule has 2 fully saturated rings. The van der Waals surface area contributed by atoms with Gasteiger partial charge in [0.1, 0.15) is 0 Å². The Morgan fingerprint density at radius 3 is 2.71 bits per heavy atom. The van der Waals surface area contributed by atoms with Gasteiger partial charge in [0, 0.05) is 19.7 Å². The second-order valence-electron chi connectivity index (χ2n) is 5.76. The van der Waals surface area contributed by atoms with E-state index in [1.54, 1.807) is 4.90 Å². The second kappa shape index (κ2) is 5.89. The van der Waals surface area contributed by atoms with Gasteiger partial charge in [0.2, 0.25) is 5.76 Å². The molecule has 1 saturated heterocycles. The van der Waals surface area contributed by atoms with Gasteiger partial charge in [-0.2, -0.15) is 0 Å². The number of nitrogens with zero attached hydrogens (tertiary/aromatic N) is 1. The van der Waals surface area contributed by atoms with Gasteiger partial charge >= 0.3 is 5.97 Å². The number of carbonyl (C=O) groups is 2. The second-order valence-corrected chi connectivity index (χ2v) is 5.76. The predicted octanol–water partition coefficient (Wildman–Crippen LogP) is 2.01. The van der Waals surface area contributed by atoms with E-state index in [-0.39, 0.29) is 23.5 Å². The number of carboxylic acids is 1. The molecule has 1 aromatic rings. The molecule has 2 heterocycles. The molecule has 1 aliphatic heterocycles. The van der Waals surface area contributed by atoms with Crippen LogP contribution in [0.2, 0.25) is 0 Å². The summed E-state index contributed by atoms with van der Waals surface area (Å²) < 4.78 is 10.9. The number of ether oxygens (including phenoxy) is 1. The Morgan fingerprint density at radius 1 is 1.29 bits per heavy atom. The van der Waals surface area contributed by atoms with Gasteiger partial charge in [-0.05, 0) is 43.7 Å². The lowest BCUT2D eigenvalue weighted by atomic mass is 10.1. The molecule has 1 atom stereocenters. The molecule has 1 N–H and O–H groups in total. The molecule has 3 rings (SSSR count). The van der Waals surface area contributed by atoms with Crippen LogP contribution in [0.4, 0.5) is 0 Å². The van der Waals surface area contributed by atoms with E-state index in [1.165, 1.54) is 25.0 Å². The first kappa shape index (κ1) is 14.1. The van der Waals surface area contributed by atoms with E-state index in [2.05, 4.69) is 0 Å². The minimum absolute atomic E-state index is 0.0789. The molecule has 0 aromatic carbocycles.